The Bertz CT molecular complexity index is 1350. The van der Waals surface area contributed by atoms with Crippen LogP contribution in [0.2, 0.25) is 0 Å². The van der Waals surface area contributed by atoms with Crippen LogP contribution in [-0.4, -0.2) is 36.1 Å². The van der Waals surface area contributed by atoms with Gasteiger partial charge in [0.25, 0.3) is 5.91 Å². The number of nitriles is 1. The molecular weight excluding hydrogens is 454 g/mol. The van der Waals surface area contributed by atoms with Gasteiger partial charge >= 0.3 is 0 Å². The van der Waals surface area contributed by atoms with Gasteiger partial charge in [-0.05, 0) is 54.5 Å². The van der Waals surface area contributed by atoms with Crippen LogP contribution in [0.4, 0.5) is 0 Å². The molecule has 7 nitrogen and oxygen atoms in total. The van der Waals surface area contributed by atoms with E-state index in [0.717, 1.165) is 49.0 Å². The molecule has 1 aromatic heterocycles. The number of rotatable bonds is 6. The van der Waals surface area contributed by atoms with Crippen LogP contribution in [0.1, 0.15) is 67.0 Å². The average molecular weight is 484 g/mol. The summed E-state index contributed by atoms with van der Waals surface area (Å²) in [6.07, 6.45) is 5.15. The maximum Gasteiger partial charge on any atom is 0.287 e. The topological polar surface area (TPSA) is 104 Å². The smallest absolute Gasteiger partial charge is 0.287 e. The van der Waals surface area contributed by atoms with E-state index in [4.69, 9.17) is 9.15 Å². The van der Waals surface area contributed by atoms with Gasteiger partial charge in [-0.15, -0.1) is 0 Å². The van der Waals surface area contributed by atoms with Gasteiger partial charge in [0.05, 0.1) is 19.3 Å². The Morgan fingerprint density at radius 3 is 2.25 bits per heavy atom. The minimum Gasteiger partial charge on any atom is -0.451 e. The van der Waals surface area contributed by atoms with Gasteiger partial charge in [0, 0.05) is 11.3 Å². The number of ether oxygens (including phenoxy) is 1. The molecule has 6 rings (SSSR count). The number of carbonyl (C=O) groups is 2. The standard InChI is InChI=1S/C29H29N3O4/c30-18-28(12-13-28)32-27(34)29(10-2-1-3-11-29)31-26(33)25-15-22-9-8-21(14-24(22)36-25)19-4-6-20(7-5-19)23-16-35-17-23/h4-9,14-15,23H,1-3,10-13,16-17H2,(H,31,33)(H,32,34). The van der Waals surface area contributed by atoms with E-state index < -0.39 is 17.0 Å². The molecule has 2 amide bonds. The molecule has 2 N–H and O–H groups in total. The highest BCUT2D eigenvalue weighted by molar-refractivity contribution is 6.00. The number of hydrogen-bond acceptors (Lipinski definition) is 5. The number of furan rings is 1. The van der Waals surface area contributed by atoms with Crippen molar-refractivity contribution in [1.82, 2.24) is 10.6 Å². The Balaban J connectivity index is 1.22. The Hall–Kier alpha value is -3.63. The van der Waals surface area contributed by atoms with Crippen molar-refractivity contribution in [3.63, 3.8) is 0 Å². The monoisotopic (exact) mass is 483 g/mol. The molecule has 0 spiro atoms. The molecule has 7 heteroatoms. The molecule has 3 aromatic rings. The third-order valence-electron chi connectivity index (χ3n) is 7.91. The normalized spacial score (nSPS) is 20.2. The summed E-state index contributed by atoms with van der Waals surface area (Å²) in [7, 11) is 0. The summed E-state index contributed by atoms with van der Waals surface area (Å²) in [6.45, 7) is 1.56. The zero-order valence-electron chi connectivity index (χ0n) is 20.1. The van der Waals surface area contributed by atoms with Gasteiger partial charge in [-0.2, -0.15) is 5.26 Å². The minimum absolute atomic E-state index is 0.182. The van der Waals surface area contributed by atoms with Crippen molar-refractivity contribution in [3.05, 3.63) is 59.9 Å². The molecule has 3 fully saturated rings. The molecule has 0 radical (unpaired) electrons. The van der Waals surface area contributed by atoms with Gasteiger partial charge in [-0.3, -0.25) is 9.59 Å². The Labute approximate surface area is 209 Å². The van der Waals surface area contributed by atoms with Crippen LogP contribution in [0.3, 0.4) is 0 Å². The SMILES string of the molecule is N#CC1(NC(=O)C2(NC(=O)c3cc4ccc(-c5ccc(C6COC6)cc5)cc4o3)CCCCC2)CC1. The van der Waals surface area contributed by atoms with E-state index in [2.05, 4.69) is 41.0 Å². The molecule has 2 heterocycles. The predicted octanol–water partition coefficient (Wildman–Crippen LogP) is 4.82. The van der Waals surface area contributed by atoms with Crippen LogP contribution < -0.4 is 10.6 Å². The van der Waals surface area contributed by atoms with Gasteiger partial charge in [0.15, 0.2) is 5.76 Å². The summed E-state index contributed by atoms with van der Waals surface area (Å²) in [5, 5.41) is 16.1. The Kier molecular flexibility index (Phi) is 5.57. The molecule has 0 unspecified atom stereocenters. The van der Waals surface area contributed by atoms with Crippen LogP contribution in [0.5, 0.6) is 0 Å². The van der Waals surface area contributed by atoms with E-state index in [1.54, 1.807) is 6.07 Å². The second-order valence-corrected chi connectivity index (χ2v) is 10.5. The molecule has 1 saturated heterocycles. The molecule has 36 heavy (non-hydrogen) atoms. The summed E-state index contributed by atoms with van der Waals surface area (Å²) in [5.41, 5.74) is 2.20. The van der Waals surface area contributed by atoms with Gasteiger partial charge in [0.2, 0.25) is 5.91 Å². The summed E-state index contributed by atoms with van der Waals surface area (Å²) in [5.74, 6) is 0.00200. The third kappa shape index (κ3) is 4.16. The first-order chi connectivity index (χ1) is 17.5. The van der Waals surface area contributed by atoms with Crippen molar-refractivity contribution >= 4 is 22.8 Å². The summed E-state index contributed by atoms with van der Waals surface area (Å²) >= 11 is 0. The van der Waals surface area contributed by atoms with Gasteiger partial charge < -0.3 is 19.8 Å². The van der Waals surface area contributed by atoms with Crippen LogP contribution >= 0.6 is 0 Å². The van der Waals surface area contributed by atoms with Crippen molar-refractivity contribution < 1.29 is 18.7 Å². The number of fused-ring (bicyclic) bond motifs is 1. The number of hydrogen-bond donors (Lipinski definition) is 2. The molecular formula is C29H29N3O4. The maximum atomic E-state index is 13.3. The number of nitrogens with one attached hydrogen (secondary N) is 2. The van der Waals surface area contributed by atoms with Gasteiger partial charge in [0.1, 0.15) is 16.7 Å². The lowest BCUT2D eigenvalue weighted by Crippen LogP contribution is -2.61. The zero-order valence-corrected chi connectivity index (χ0v) is 20.1. The van der Waals surface area contributed by atoms with E-state index in [0.29, 0.717) is 37.2 Å². The molecule has 3 aliphatic rings. The molecule has 1 aliphatic heterocycles. The summed E-state index contributed by atoms with van der Waals surface area (Å²) < 4.78 is 11.3. The van der Waals surface area contributed by atoms with Crippen LogP contribution in [0.25, 0.3) is 22.1 Å². The molecule has 184 valence electrons. The average Bonchev–Trinajstić information content (AvgIpc) is 3.51. The van der Waals surface area contributed by atoms with Crippen LogP contribution in [-0.2, 0) is 9.53 Å². The minimum atomic E-state index is -1.01. The fourth-order valence-electron chi connectivity index (χ4n) is 5.27. The van der Waals surface area contributed by atoms with Crippen molar-refractivity contribution in [2.75, 3.05) is 13.2 Å². The Morgan fingerprint density at radius 2 is 1.61 bits per heavy atom. The van der Waals surface area contributed by atoms with E-state index in [9.17, 15) is 14.9 Å². The van der Waals surface area contributed by atoms with Crippen molar-refractivity contribution in [2.45, 2.75) is 61.9 Å². The fraction of sp³-hybridized carbons (Fsp3) is 0.414. The van der Waals surface area contributed by atoms with E-state index in [1.165, 1.54) is 5.56 Å². The second kappa shape index (κ2) is 8.79. The fourth-order valence-corrected chi connectivity index (χ4v) is 5.27. The highest BCUT2D eigenvalue weighted by Gasteiger charge is 2.50. The first kappa shape index (κ1) is 22.8. The van der Waals surface area contributed by atoms with Crippen LogP contribution in [0, 0.1) is 11.3 Å². The molecule has 0 atom stereocenters. The first-order valence-electron chi connectivity index (χ1n) is 12.8. The largest absolute Gasteiger partial charge is 0.451 e. The molecule has 2 saturated carbocycles. The lowest BCUT2D eigenvalue weighted by Gasteiger charge is -2.37. The Morgan fingerprint density at radius 1 is 0.889 bits per heavy atom. The van der Waals surface area contributed by atoms with Crippen molar-refractivity contribution in [2.24, 2.45) is 0 Å². The van der Waals surface area contributed by atoms with Gasteiger partial charge in [-0.25, -0.2) is 0 Å². The van der Waals surface area contributed by atoms with E-state index >= 15 is 0 Å². The summed E-state index contributed by atoms with van der Waals surface area (Å²) in [4.78, 5) is 26.5. The third-order valence-corrected chi connectivity index (χ3v) is 7.91. The highest BCUT2D eigenvalue weighted by Crippen LogP contribution is 2.37. The van der Waals surface area contributed by atoms with E-state index in [1.807, 2.05) is 18.2 Å². The van der Waals surface area contributed by atoms with Crippen molar-refractivity contribution in [1.29, 1.82) is 5.26 Å². The predicted molar refractivity (Wildman–Crippen MR) is 134 cm³/mol. The first-order valence-corrected chi connectivity index (χ1v) is 12.8. The van der Waals surface area contributed by atoms with E-state index in [-0.39, 0.29) is 11.7 Å². The molecule has 2 aromatic carbocycles. The second-order valence-electron chi connectivity index (χ2n) is 10.5. The number of amides is 2. The van der Waals surface area contributed by atoms with Crippen LogP contribution in [0.15, 0.2) is 52.9 Å². The van der Waals surface area contributed by atoms with Gasteiger partial charge in [-0.1, -0.05) is 55.7 Å². The zero-order chi connectivity index (χ0) is 24.8. The lowest BCUT2D eigenvalue weighted by molar-refractivity contribution is -0.129. The number of nitrogens with zero attached hydrogens (tertiary/aromatic N) is 1. The van der Waals surface area contributed by atoms with Crippen molar-refractivity contribution in [3.8, 4) is 17.2 Å². The maximum absolute atomic E-state index is 13.3. The quantitative estimate of drug-likeness (QED) is 0.523. The number of benzene rings is 2. The summed E-state index contributed by atoms with van der Waals surface area (Å²) in [6, 6.07) is 18.3. The molecule has 0 bridgehead atoms. The lowest BCUT2D eigenvalue weighted by atomic mass is 9.80. The highest BCUT2D eigenvalue weighted by atomic mass is 16.5. The number of carbonyl (C=O) groups excluding carboxylic acids is 2. The molecule has 2 aliphatic carbocycles.